The van der Waals surface area contributed by atoms with Crippen molar-refractivity contribution in [2.45, 2.75) is 38.3 Å². The van der Waals surface area contributed by atoms with Gasteiger partial charge < -0.3 is 4.12 Å². The Morgan fingerprint density at radius 1 is 1.14 bits per heavy atom. The first-order valence-corrected chi connectivity index (χ1v) is 10.6. The first-order valence-electron chi connectivity index (χ1n) is 4.33. The predicted octanol–water partition coefficient (Wildman–Crippen LogP) is 3.70. The second-order valence-electron chi connectivity index (χ2n) is 4.70. The van der Waals surface area contributed by atoms with Gasteiger partial charge in [0.25, 0.3) is 8.32 Å². The summed E-state index contributed by atoms with van der Waals surface area (Å²) in [6.07, 6.45) is 0. The number of rotatable bonds is 4. The van der Waals surface area contributed by atoms with Crippen molar-refractivity contribution in [2.75, 3.05) is 0 Å². The monoisotopic (exact) mass is 242 g/mol. The zero-order valence-electron chi connectivity index (χ0n) is 9.25. The Hall–Kier alpha value is -0.0762. The molecule has 1 nitrogen and oxygen atoms in total. The smallest absolute Gasteiger partial charge is 0.304 e. The Morgan fingerprint density at radius 3 is 1.71 bits per heavy atom. The van der Waals surface area contributed by atoms with E-state index in [1.807, 2.05) is 0 Å². The zero-order chi connectivity index (χ0) is 11.8. The highest BCUT2D eigenvalue weighted by molar-refractivity contribution is 6.85. The lowest BCUT2D eigenvalue weighted by Gasteiger charge is -2.36. The molecule has 0 atom stereocenters. The average molecular weight is 242 g/mol. The Balaban J connectivity index is 4.87. The van der Waals surface area contributed by atoms with Gasteiger partial charge in [-0.1, -0.05) is 6.58 Å². The molecule has 0 N–H and O–H groups in total. The molecule has 0 spiro atoms. The molecule has 0 aromatic carbocycles. The van der Waals surface area contributed by atoms with Gasteiger partial charge in [0.2, 0.25) is 0 Å². The highest BCUT2D eigenvalue weighted by Crippen LogP contribution is 2.36. The summed E-state index contributed by atoms with van der Waals surface area (Å²) < 4.78 is 44.6. The molecular formula is C8H17F3OSi2. The van der Waals surface area contributed by atoms with Crippen LogP contribution in [0.3, 0.4) is 0 Å². The third-order valence-electron chi connectivity index (χ3n) is 1.66. The summed E-state index contributed by atoms with van der Waals surface area (Å²) in [6.45, 7) is 10.7. The second-order valence-corrected chi connectivity index (χ2v) is 13.4. The lowest BCUT2D eigenvalue weighted by Crippen LogP contribution is -2.55. The fourth-order valence-electron chi connectivity index (χ4n) is 1.16. The van der Waals surface area contributed by atoms with E-state index in [9.17, 15) is 13.2 Å². The predicted molar refractivity (Wildman–Crippen MR) is 57.1 cm³/mol. The van der Waals surface area contributed by atoms with Crippen LogP contribution in [-0.2, 0) is 4.12 Å². The lowest BCUT2D eigenvalue weighted by atomic mass is 10.6. The van der Waals surface area contributed by atoms with Crippen molar-refractivity contribution in [1.82, 2.24) is 0 Å². The van der Waals surface area contributed by atoms with Crippen LogP contribution in [-0.4, -0.2) is 22.2 Å². The molecule has 0 rings (SSSR count). The summed E-state index contributed by atoms with van der Waals surface area (Å²) >= 11 is 0. The minimum atomic E-state index is -3.51. The number of hydrogen-bond acceptors (Lipinski definition) is 1. The fourth-order valence-corrected chi connectivity index (χ4v) is 8.45. The van der Waals surface area contributed by atoms with E-state index >= 15 is 0 Å². The summed E-state index contributed by atoms with van der Waals surface area (Å²) in [5.74, 6) is -1.59. The van der Waals surface area contributed by atoms with Gasteiger partial charge >= 0.3 is 5.55 Å². The molecule has 0 radical (unpaired) electrons. The van der Waals surface area contributed by atoms with Gasteiger partial charge in [0.15, 0.2) is 14.1 Å². The molecule has 0 aliphatic carbocycles. The highest BCUT2D eigenvalue weighted by Gasteiger charge is 2.55. The first kappa shape index (κ1) is 13.9. The van der Waals surface area contributed by atoms with Gasteiger partial charge in [-0.2, -0.15) is 0 Å². The maximum absolute atomic E-state index is 13.3. The molecule has 14 heavy (non-hydrogen) atoms. The van der Waals surface area contributed by atoms with E-state index in [-0.39, 0.29) is 0 Å². The van der Waals surface area contributed by atoms with Gasteiger partial charge in [0.1, 0.15) is 0 Å². The standard InChI is InChI=1S/C8H17F3OSi2/c1-7(9)8(10,11)14(5,6)12-13(2,3)4/h1H2,2-6H3. The van der Waals surface area contributed by atoms with Crippen LogP contribution in [0, 0.1) is 0 Å². The number of halogens is 3. The largest absolute Gasteiger partial charge is 0.452 e. The maximum atomic E-state index is 13.3. The molecule has 0 aliphatic rings. The Kier molecular flexibility index (Phi) is 3.80. The van der Waals surface area contributed by atoms with Gasteiger partial charge in [0.05, 0.1) is 0 Å². The van der Waals surface area contributed by atoms with E-state index in [0.717, 1.165) is 0 Å². The van der Waals surface area contributed by atoms with Crippen LogP contribution in [0.25, 0.3) is 0 Å². The van der Waals surface area contributed by atoms with E-state index < -0.39 is 28.0 Å². The molecule has 0 bridgehead atoms. The zero-order valence-corrected chi connectivity index (χ0v) is 11.2. The maximum Gasteiger partial charge on any atom is 0.304 e. The van der Waals surface area contributed by atoms with Crippen molar-refractivity contribution in [3.8, 4) is 0 Å². The average Bonchev–Trinajstić information content (AvgIpc) is 1.80. The van der Waals surface area contributed by atoms with Crippen molar-refractivity contribution >= 4 is 16.6 Å². The van der Waals surface area contributed by atoms with Crippen LogP contribution in [0.5, 0.6) is 0 Å². The molecule has 6 heteroatoms. The Labute approximate surface area is 85.2 Å². The highest BCUT2D eigenvalue weighted by atomic mass is 28.4. The summed E-state index contributed by atoms with van der Waals surface area (Å²) in [4.78, 5) is 0. The molecule has 0 saturated carbocycles. The van der Waals surface area contributed by atoms with Crippen LogP contribution in [0.2, 0.25) is 32.7 Å². The summed E-state index contributed by atoms with van der Waals surface area (Å²) in [7, 11) is -5.45. The Bertz CT molecular complexity index is 233. The molecule has 0 aromatic rings. The minimum Gasteiger partial charge on any atom is -0.452 e. The molecule has 0 aromatic heterocycles. The number of allylic oxidation sites excluding steroid dienone is 1. The fraction of sp³-hybridized carbons (Fsp3) is 0.750. The summed E-state index contributed by atoms with van der Waals surface area (Å²) in [6, 6.07) is 0. The SMILES string of the molecule is C=C(F)C(F)(F)[Si](C)(C)O[Si](C)(C)C. The molecule has 0 amide bonds. The second kappa shape index (κ2) is 3.82. The van der Waals surface area contributed by atoms with Crippen molar-refractivity contribution in [3.63, 3.8) is 0 Å². The lowest BCUT2D eigenvalue weighted by molar-refractivity contribution is 0.0803. The van der Waals surface area contributed by atoms with Crippen molar-refractivity contribution < 1.29 is 17.3 Å². The van der Waals surface area contributed by atoms with Crippen molar-refractivity contribution in [1.29, 1.82) is 0 Å². The van der Waals surface area contributed by atoms with Crippen LogP contribution in [0.4, 0.5) is 13.2 Å². The van der Waals surface area contributed by atoms with E-state index in [2.05, 4.69) is 6.58 Å². The normalized spacial score (nSPS) is 14.3. The Morgan fingerprint density at radius 2 is 1.50 bits per heavy atom. The molecule has 84 valence electrons. The summed E-state index contributed by atoms with van der Waals surface area (Å²) in [5.41, 5.74) is -3.51. The molecule has 0 unspecified atom stereocenters. The van der Waals surface area contributed by atoms with Crippen LogP contribution in [0.15, 0.2) is 12.4 Å². The topological polar surface area (TPSA) is 9.23 Å². The van der Waals surface area contributed by atoms with Crippen LogP contribution >= 0.6 is 0 Å². The van der Waals surface area contributed by atoms with Crippen molar-refractivity contribution in [3.05, 3.63) is 12.4 Å². The minimum absolute atomic E-state index is 1.32. The molecular weight excluding hydrogens is 225 g/mol. The van der Waals surface area contributed by atoms with Gasteiger partial charge in [-0.25, -0.2) is 13.2 Å². The quantitative estimate of drug-likeness (QED) is 0.683. The van der Waals surface area contributed by atoms with Gasteiger partial charge in [-0.05, 0) is 32.7 Å². The number of alkyl halides is 2. The first-order chi connectivity index (χ1) is 5.90. The molecule has 0 fully saturated rings. The van der Waals surface area contributed by atoms with Gasteiger partial charge in [-0.15, -0.1) is 0 Å². The number of hydrogen-bond donors (Lipinski definition) is 0. The molecule has 0 aliphatic heterocycles. The third-order valence-corrected chi connectivity index (χ3v) is 7.93. The molecule has 0 saturated heterocycles. The van der Waals surface area contributed by atoms with Gasteiger partial charge in [-0.3, -0.25) is 0 Å². The van der Waals surface area contributed by atoms with E-state index in [1.54, 1.807) is 19.6 Å². The van der Waals surface area contributed by atoms with E-state index in [4.69, 9.17) is 4.12 Å². The van der Waals surface area contributed by atoms with E-state index in [1.165, 1.54) is 13.1 Å². The van der Waals surface area contributed by atoms with Gasteiger partial charge in [0, 0.05) is 0 Å². The van der Waals surface area contributed by atoms with E-state index in [0.29, 0.717) is 0 Å². The van der Waals surface area contributed by atoms with Crippen LogP contribution < -0.4 is 0 Å². The molecule has 0 heterocycles. The summed E-state index contributed by atoms with van der Waals surface area (Å²) in [5, 5.41) is 0. The van der Waals surface area contributed by atoms with Crippen molar-refractivity contribution in [2.24, 2.45) is 0 Å². The van der Waals surface area contributed by atoms with Crippen LogP contribution in [0.1, 0.15) is 0 Å². The third kappa shape index (κ3) is 3.25.